The van der Waals surface area contributed by atoms with E-state index in [1.807, 2.05) is 0 Å². The molecule has 1 N–H and O–H groups in total. The van der Waals surface area contributed by atoms with E-state index < -0.39 is 5.60 Å². The smallest absolute Gasteiger partial charge is 0.303 e. The maximum absolute atomic E-state index is 11.7. The van der Waals surface area contributed by atoms with E-state index in [9.17, 15) is 9.90 Å². The van der Waals surface area contributed by atoms with Gasteiger partial charge in [-0.25, -0.2) is 0 Å². The van der Waals surface area contributed by atoms with E-state index >= 15 is 0 Å². The van der Waals surface area contributed by atoms with Gasteiger partial charge in [0.2, 0.25) is 0 Å². The van der Waals surface area contributed by atoms with E-state index in [1.54, 1.807) is 0 Å². The second kappa shape index (κ2) is 7.65. The maximum Gasteiger partial charge on any atom is 0.303 e. The number of fused-ring (bicyclic) bond motifs is 1. The van der Waals surface area contributed by atoms with Crippen molar-refractivity contribution < 1.29 is 14.6 Å². The third kappa shape index (κ3) is 4.36. The number of rotatable bonds is 2. The summed E-state index contributed by atoms with van der Waals surface area (Å²) in [5.74, 6) is 0.0707. The third-order valence-corrected chi connectivity index (χ3v) is 6.73. The van der Waals surface area contributed by atoms with Crippen LogP contribution in [0.4, 0.5) is 0 Å². The Balaban J connectivity index is 2.45. The van der Waals surface area contributed by atoms with Crippen LogP contribution in [0.25, 0.3) is 0 Å². The molecule has 0 aromatic heterocycles. The van der Waals surface area contributed by atoms with Crippen LogP contribution in [0, 0.1) is 17.3 Å². The summed E-state index contributed by atoms with van der Waals surface area (Å²) in [7, 11) is 0. The van der Waals surface area contributed by atoms with Crippen LogP contribution in [0.15, 0.2) is 23.3 Å². The van der Waals surface area contributed by atoms with Crippen molar-refractivity contribution in [3.05, 3.63) is 23.3 Å². The van der Waals surface area contributed by atoms with Crippen molar-refractivity contribution in [1.82, 2.24) is 0 Å². The minimum atomic E-state index is -0.691. The normalized spacial score (nSPS) is 37.0. The maximum atomic E-state index is 11.7. The largest absolute Gasteiger partial charge is 0.458 e. The fraction of sp³-hybridized carbons (Fsp3) is 0.773. The number of hydrogen-bond donors (Lipinski definition) is 1. The summed E-state index contributed by atoms with van der Waals surface area (Å²) in [5.41, 5.74) is 1.88. The summed E-state index contributed by atoms with van der Waals surface area (Å²) in [6.45, 7) is 12.3. The molecule has 0 saturated heterocycles. The highest BCUT2D eigenvalue weighted by atomic mass is 16.5. The summed E-state index contributed by atoms with van der Waals surface area (Å²) >= 11 is 0. The highest BCUT2D eigenvalue weighted by Crippen LogP contribution is 2.56. The molecule has 142 valence electrons. The van der Waals surface area contributed by atoms with E-state index in [4.69, 9.17) is 4.74 Å². The van der Waals surface area contributed by atoms with Crippen LogP contribution in [0.5, 0.6) is 0 Å². The van der Waals surface area contributed by atoms with Crippen molar-refractivity contribution in [3.8, 4) is 0 Å². The van der Waals surface area contributed by atoms with Gasteiger partial charge in [-0.15, -0.1) is 0 Å². The van der Waals surface area contributed by atoms with Crippen molar-refractivity contribution in [1.29, 1.82) is 0 Å². The zero-order valence-electron chi connectivity index (χ0n) is 16.9. The highest BCUT2D eigenvalue weighted by molar-refractivity contribution is 5.66. The van der Waals surface area contributed by atoms with Crippen LogP contribution in [0.3, 0.4) is 0 Å². The monoisotopic (exact) mass is 348 g/mol. The Morgan fingerprint density at radius 3 is 2.56 bits per heavy atom. The summed E-state index contributed by atoms with van der Waals surface area (Å²) in [5, 5.41) is 11.5. The van der Waals surface area contributed by atoms with E-state index in [0.717, 1.165) is 37.7 Å². The summed E-state index contributed by atoms with van der Waals surface area (Å²) in [6, 6.07) is 0. The molecule has 0 amide bonds. The van der Waals surface area contributed by atoms with Crippen molar-refractivity contribution in [2.24, 2.45) is 17.3 Å². The van der Waals surface area contributed by atoms with Crippen LogP contribution in [-0.2, 0) is 9.53 Å². The molecule has 0 aliphatic heterocycles. The fourth-order valence-electron chi connectivity index (χ4n) is 4.77. The Hall–Kier alpha value is -1.09. The Bertz CT molecular complexity index is 560. The summed E-state index contributed by atoms with van der Waals surface area (Å²) in [6.07, 6.45) is 9.90. The van der Waals surface area contributed by atoms with Crippen LogP contribution < -0.4 is 0 Å². The Morgan fingerprint density at radius 2 is 1.96 bits per heavy atom. The minimum absolute atomic E-state index is 0.0449. The molecule has 0 heterocycles. The van der Waals surface area contributed by atoms with Gasteiger partial charge in [0, 0.05) is 6.92 Å². The van der Waals surface area contributed by atoms with Gasteiger partial charge in [-0.1, -0.05) is 38.5 Å². The van der Waals surface area contributed by atoms with Gasteiger partial charge in [0.15, 0.2) is 0 Å². The lowest BCUT2D eigenvalue weighted by Crippen LogP contribution is -2.45. The van der Waals surface area contributed by atoms with Gasteiger partial charge in [0.05, 0.1) is 5.60 Å². The van der Waals surface area contributed by atoms with Gasteiger partial charge >= 0.3 is 5.97 Å². The van der Waals surface area contributed by atoms with Crippen LogP contribution in [0.1, 0.15) is 80.1 Å². The number of aliphatic hydroxyl groups is 1. The number of ether oxygens (including phenoxy) is 1. The van der Waals surface area contributed by atoms with Gasteiger partial charge in [-0.3, -0.25) is 4.79 Å². The quantitative estimate of drug-likeness (QED) is 0.552. The van der Waals surface area contributed by atoms with Crippen molar-refractivity contribution in [3.63, 3.8) is 0 Å². The molecule has 3 nitrogen and oxygen atoms in total. The first-order valence-electron chi connectivity index (χ1n) is 9.80. The van der Waals surface area contributed by atoms with Gasteiger partial charge in [-0.05, 0) is 75.2 Å². The topological polar surface area (TPSA) is 46.5 Å². The average Bonchev–Trinajstić information content (AvgIpc) is 2.77. The lowest BCUT2D eigenvalue weighted by Gasteiger charge is -2.42. The van der Waals surface area contributed by atoms with E-state index in [1.165, 1.54) is 12.5 Å². The molecule has 2 aliphatic carbocycles. The lowest BCUT2D eigenvalue weighted by atomic mass is 9.67. The summed E-state index contributed by atoms with van der Waals surface area (Å²) < 4.78 is 5.69. The van der Waals surface area contributed by atoms with Gasteiger partial charge in [-0.2, -0.15) is 0 Å². The van der Waals surface area contributed by atoms with Gasteiger partial charge in [0.1, 0.15) is 6.10 Å². The molecular weight excluding hydrogens is 312 g/mol. The molecule has 25 heavy (non-hydrogen) atoms. The molecule has 0 aromatic rings. The molecule has 0 spiro atoms. The van der Waals surface area contributed by atoms with Gasteiger partial charge < -0.3 is 9.84 Å². The number of allylic oxidation sites excluding steroid dienone is 3. The SMILES string of the molecule is CC(=O)OC1CC2[C@](C)(CC=C(C)CCC=C1C)CC[C@]2(O)C(C)C. The van der Waals surface area contributed by atoms with Gasteiger partial charge in [0.25, 0.3) is 0 Å². The molecule has 0 aromatic carbocycles. The molecule has 1 fully saturated rings. The molecule has 2 unspecified atom stereocenters. The van der Waals surface area contributed by atoms with Crippen molar-refractivity contribution in [2.75, 3.05) is 0 Å². The molecule has 4 atom stereocenters. The second-order valence-electron chi connectivity index (χ2n) is 8.93. The van der Waals surface area contributed by atoms with Crippen LogP contribution in [0.2, 0.25) is 0 Å². The third-order valence-electron chi connectivity index (χ3n) is 6.73. The first-order chi connectivity index (χ1) is 11.6. The molecular formula is C22H36O3. The molecule has 0 bridgehead atoms. The molecule has 2 aliphatic rings. The number of esters is 1. The van der Waals surface area contributed by atoms with E-state index in [2.05, 4.69) is 46.8 Å². The van der Waals surface area contributed by atoms with E-state index in [-0.39, 0.29) is 29.3 Å². The molecule has 1 saturated carbocycles. The standard InChI is InChI=1S/C22H36O3/c1-15(2)22(24)13-12-21(6)11-10-16(3)8-7-9-17(4)19(14-20(21)22)25-18(5)23/h9-10,15,19-20,24H,7-8,11-14H2,1-6H3/t19?,20?,21-,22+/m1/s1. The van der Waals surface area contributed by atoms with Crippen molar-refractivity contribution in [2.45, 2.75) is 91.8 Å². The predicted molar refractivity (Wildman–Crippen MR) is 102 cm³/mol. The lowest BCUT2D eigenvalue weighted by molar-refractivity contribution is -0.148. The second-order valence-corrected chi connectivity index (χ2v) is 8.93. The Labute approximate surface area is 153 Å². The van der Waals surface area contributed by atoms with Crippen LogP contribution in [-0.4, -0.2) is 22.8 Å². The number of carbonyl (C=O) groups excluding carboxylic acids is 1. The van der Waals surface area contributed by atoms with Crippen LogP contribution >= 0.6 is 0 Å². The zero-order chi connectivity index (χ0) is 18.8. The number of carbonyl (C=O) groups is 1. The highest BCUT2D eigenvalue weighted by Gasteiger charge is 2.55. The Morgan fingerprint density at radius 1 is 1.28 bits per heavy atom. The fourth-order valence-corrected chi connectivity index (χ4v) is 4.77. The van der Waals surface area contributed by atoms with Crippen molar-refractivity contribution >= 4 is 5.97 Å². The summed E-state index contributed by atoms with van der Waals surface area (Å²) in [4.78, 5) is 11.7. The zero-order valence-corrected chi connectivity index (χ0v) is 16.9. The number of hydrogen-bond acceptors (Lipinski definition) is 3. The molecule has 3 heteroatoms. The Kier molecular flexibility index (Phi) is 6.19. The first kappa shape index (κ1) is 20.2. The molecule has 2 rings (SSSR count). The van der Waals surface area contributed by atoms with E-state index in [0.29, 0.717) is 6.42 Å². The average molecular weight is 349 g/mol. The predicted octanol–water partition coefficient (Wildman–Crippen LogP) is 5.19. The molecule has 0 radical (unpaired) electrons. The first-order valence-corrected chi connectivity index (χ1v) is 9.80. The minimum Gasteiger partial charge on any atom is -0.458 e.